The number of aromatic amines is 2. The first-order chi connectivity index (χ1) is 14.7. The molecular weight excluding hydrogens is 428 g/mol. The Morgan fingerprint density at radius 2 is 1.88 bits per heavy atom. The van der Waals surface area contributed by atoms with Gasteiger partial charge in [-0.1, -0.05) is 18.2 Å². The summed E-state index contributed by atoms with van der Waals surface area (Å²) in [6.45, 7) is 3.58. The van der Waals surface area contributed by atoms with Crippen molar-refractivity contribution in [2.24, 2.45) is 0 Å². The van der Waals surface area contributed by atoms with Crippen LogP contribution in [0.5, 0.6) is 11.5 Å². The smallest absolute Gasteiger partial charge is 0.797 e. The van der Waals surface area contributed by atoms with E-state index in [1.807, 2.05) is 19.1 Å². The monoisotopic (exact) mass is 455 g/mol. The Balaban J connectivity index is 0.00000363. The maximum Gasteiger partial charge on any atom is 1.00 e. The minimum absolute atomic E-state index is 0. The molecule has 0 saturated heterocycles. The van der Waals surface area contributed by atoms with E-state index in [1.54, 1.807) is 30.3 Å². The largest absolute Gasteiger partial charge is 1.00 e. The summed E-state index contributed by atoms with van der Waals surface area (Å²) in [5.74, 6) is 1.01. The van der Waals surface area contributed by atoms with Crippen molar-refractivity contribution < 1.29 is 42.9 Å². The molecule has 0 aliphatic carbocycles. The molecule has 3 aromatic rings. The zero-order valence-corrected chi connectivity index (χ0v) is 19.4. The molecule has 32 heavy (non-hydrogen) atoms. The molecule has 4 N–H and O–H groups in total. The van der Waals surface area contributed by atoms with Crippen LogP contribution in [0.3, 0.4) is 0 Å². The van der Waals surface area contributed by atoms with Crippen LogP contribution in [0.4, 0.5) is 0 Å². The summed E-state index contributed by atoms with van der Waals surface area (Å²) < 4.78 is 22.1. The van der Waals surface area contributed by atoms with Gasteiger partial charge in [0.05, 0.1) is 5.52 Å². The second kappa shape index (κ2) is 11.8. The molecule has 0 bridgehead atoms. The molecule has 0 amide bonds. The standard InChI is InChI=1S/C21H28N3O6P.Li/c1-14(10-15-6-8-17(9-7-15)30-13-31(2,27)28)22-11-16(25)12-29-19-5-3-4-18-20(19)24-21(26)23-18;/h3-9,14,16,22,25H,10-13H2,1-2H3,(H,27,28)(H2,23,24,26);/q;+1/p-1. The average molecular weight is 455 g/mol. The van der Waals surface area contributed by atoms with E-state index in [4.69, 9.17) is 9.47 Å². The minimum atomic E-state index is -3.45. The van der Waals surface area contributed by atoms with E-state index >= 15 is 0 Å². The van der Waals surface area contributed by atoms with Crippen molar-refractivity contribution in [3.63, 3.8) is 0 Å². The van der Waals surface area contributed by atoms with Crippen molar-refractivity contribution in [3.05, 3.63) is 58.5 Å². The second-order valence-corrected chi connectivity index (χ2v) is 9.95. The number of hydrogen-bond donors (Lipinski definition) is 4. The number of imidazole rings is 1. The summed E-state index contributed by atoms with van der Waals surface area (Å²) in [5.41, 5.74) is 1.97. The first kappa shape index (κ1) is 26.3. The zero-order chi connectivity index (χ0) is 22.4. The predicted molar refractivity (Wildman–Crippen MR) is 117 cm³/mol. The van der Waals surface area contributed by atoms with E-state index < -0.39 is 13.5 Å². The molecule has 0 radical (unpaired) electrons. The van der Waals surface area contributed by atoms with Gasteiger partial charge in [-0.15, -0.1) is 0 Å². The Morgan fingerprint density at radius 3 is 2.56 bits per heavy atom. The molecule has 3 unspecified atom stereocenters. The average Bonchev–Trinajstić information content (AvgIpc) is 3.10. The van der Waals surface area contributed by atoms with Gasteiger partial charge in [-0.25, -0.2) is 4.79 Å². The Kier molecular flexibility index (Phi) is 9.65. The number of H-pyrrole nitrogens is 2. The summed E-state index contributed by atoms with van der Waals surface area (Å²) in [7, 11) is -3.45. The van der Waals surface area contributed by atoms with Crippen molar-refractivity contribution in [3.8, 4) is 11.5 Å². The third kappa shape index (κ3) is 8.17. The van der Waals surface area contributed by atoms with E-state index in [-0.39, 0.29) is 43.5 Å². The van der Waals surface area contributed by atoms with Crippen LogP contribution in [0.25, 0.3) is 11.0 Å². The van der Waals surface area contributed by atoms with E-state index in [0.717, 1.165) is 18.6 Å². The molecule has 0 saturated carbocycles. The van der Waals surface area contributed by atoms with Gasteiger partial charge in [0.15, 0.2) is 0 Å². The third-order valence-corrected chi connectivity index (χ3v) is 5.18. The maximum atomic E-state index is 11.4. The summed E-state index contributed by atoms with van der Waals surface area (Å²) in [5, 5.41) is 13.5. The fourth-order valence-electron chi connectivity index (χ4n) is 3.07. The summed E-state index contributed by atoms with van der Waals surface area (Å²) in [4.78, 5) is 28.0. The molecule has 3 rings (SSSR count). The molecule has 0 aliphatic heterocycles. The molecule has 1 heterocycles. The summed E-state index contributed by atoms with van der Waals surface area (Å²) >= 11 is 0. The van der Waals surface area contributed by atoms with Crippen LogP contribution in [-0.2, 0) is 11.0 Å². The van der Waals surface area contributed by atoms with Gasteiger partial charge in [0, 0.05) is 20.0 Å². The van der Waals surface area contributed by atoms with Crippen molar-refractivity contribution in [2.75, 3.05) is 26.2 Å². The normalized spacial score (nSPS) is 14.9. The van der Waals surface area contributed by atoms with Gasteiger partial charge in [0.2, 0.25) is 0 Å². The number of aliphatic hydroxyl groups excluding tert-OH is 1. The van der Waals surface area contributed by atoms with Gasteiger partial charge in [-0.2, -0.15) is 0 Å². The Labute approximate surface area is 198 Å². The fraction of sp³-hybridized carbons (Fsp3) is 0.381. The molecule has 9 nitrogen and oxygen atoms in total. The molecule has 0 aliphatic rings. The van der Waals surface area contributed by atoms with Gasteiger partial charge in [-0.05, 0) is 49.8 Å². The van der Waals surface area contributed by atoms with Crippen LogP contribution in [-0.4, -0.2) is 53.4 Å². The summed E-state index contributed by atoms with van der Waals surface area (Å²) in [6, 6.07) is 12.6. The number of aliphatic hydroxyl groups is 1. The molecule has 11 heteroatoms. The molecule has 1 aromatic heterocycles. The van der Waals surface area contributed by atoms with E-state index in [2.05, 4.69) is 15.3 Å². The predicted octanol–water partition coefficient (Wildman–Crippen LogP) is -1.57. The molecule has 168 valence electrons. The van der Waals surface area contributed by atoms with Gasteiger partial charge >= 0.3 is 24.6 Å². The molecule has 0 spiro atoms. The first-order valence-corrected chi connectivity index (χ1v) is 12.2. The van der Waals surface area contributed by atoms with Crippen LogP contribution >= 0.6 is 7.37 Å². The number of rotatable bonds is 11. The quantitative estimate of drug-likeness (QED) is 0.202. The fourth-order valence-corrected chi connectivity index (χ4v) is 3.46. The van der Waals surface area contributed by atoms with Crippen LogP contribution in [0.15, 0.2) is 47.3 Å². The van der Waals surface area contributed by atoms with Crippen LogP contribution < -0.4 is 44.2 Å². The number of para-hydroxylation sites is 1. The minimum Gasteiger partial charge on any atom is -0.797 e. The number of aromatic nitrogens is 2. The van der Waals surface area contributed by atoms with Crippen molar-refractivity contribution in [1.82, 2.24) is 15.3 Å². The van der Waals surface area contributed by atoms with E-state index in [0.29, 0.717) is 29.1 Å². The Hall–Kier alpha value is -1.98. The van der Waals surface area contributed by atoms with Crippen molar-refractivity contribution in [2.45, 2.75) is 25.5 Å². The van der Waals surface area contributed by atoms with Gasteiger partial charge in [0.25, 0.3) is 0 Å². The zero-order valence-electron chi connectivity index (χ0n) is 18.5. The number of hydrogen-bond acceptors (Lipinski definition) is 7. The van der Waals surface area contributed by atoms with Gasteiger partial charge in [-0.3, -0.25) is 0 Å². The van der Waals surface area contributed by atoms with Crippen molar-refractivity contribution in [1.29, 1.82) is 0 Å². The Bertz CT molecular complexity index is 1090. The number of fused-ring (bicyclic) bond motifs is 1. The second-order valence-electron chi connectivity index (χ2n) is 7.67. The molecular formula is C21H27LiN3O6P. The van der Waals surface area contributed by atoms with Crippen LogP contribution in [0.1, 0.15) is 12.5 Å². The molecule has 3 atom stereocenters. The molecule has 2 aromatic carbocycles. The van der Waals surface area contributed by atoms with E-state index in [1.165, 1.54) is 0 Å². The number of ether oxygens (including phenoxy) is 2. The third-order valence-electron chi connectivity index (χ3n) is 4.58. The first-order valence-electron chi connectivity index (χ1n) is 9.94. The van der Waals surface area contributed by atoms with Crippen molar-refractivity contribution >= 4 is 18.4 Å². The topological polar surface area (TPSA) is 140 Å². The summed E-state index contributed by atoms with van der Waals surface area (Å²) in [6.07, 6.45) is -0.319. The maximum absolute atomic E-state index is 11.4. The molecule has 0 fully saturated rings. The Morgan fingerprint density at radius 1 is 1.16 bits per heavy atom. The SMILES string of the molecule is CC(Cc1ccc(OCP(C)(=O)[O-])cc1)NCC(O)COc1cccc2[nH]c(=O)[nH]c12.[Li+]. The van der Waals surface area contributed by atoms with Crippen LogP contribution in [0, 0.1) is 0 Å². The number of nitrogens with one attached hydrogen (secondary N) is 3. The van der Waals surface area contributed by atoms with Gasteiger partial charge in [0.1, 0.15) is 36.1 Å². The number of benzene rings is 2. The van der Waals surface area contributed by atoms with E-state index in [9.17, 15) is 19.4 Å². The van der Waals surface area contributed by atoms with Gasteiger partial charge < -0.3 is 39.3 Å². The van der Waals surface area contributed by atoms with Crippen LogP contribution in [0.2, 0.25) is 0 Å².